The summed E-state index contributed by atoms with van der Waals surface area (Å²) in [5.41, 5.74) is 1.76. The second-order valence-corrected chi connectivity index (χ2v) is 9.15. The van der Waals surface area contributed by atoms with E-state index in [9.17, 15) is 9.90 Å². The quantitative estimate of drug-likeness (QED) is 0.338. The molecule has 1 heterocycles. The molecule has 32 heavy (non-hydrogen) atoms. The first-order valence-electron chi connectivity index (χ1n) is 10.8. The molecule has 166 valence electrons. The van der Waals surface area contributed by atoms with E-state index in [0.29, 0.717) is 22.9 Å². The first-order chi connectivity index (χ1) is 15.3. The van der Waals surface area contributed by atoms with E-state index < -0.39 is 11.2 Å². The van der Waals surface area contributed by atoms with Gasteiger partial charge in [0, 0.05) is 16.1 Å². The number of aliphatic hydroxyl groups is 1. The predicted molar refractivity (Wildman–Crippen MR) is 126 cm³/mol. The highest BCUT2D eigenvalue weighted by Crippen LogP contribution is 2.50. The van der Waals surface area contributed by atoms with Gasteiger partial charge in [-0.05, 0) is 74.7 Å². The summed E-state index contributed by atoms with van der Waals surface area (Å²) in [4.78, 5) is 12.8. The Bertz CT molecular complexity index is 1090. The molecule has 1 atom stereocenters. The van der Waals surface area contributed by atoms with Gasteiger partial charge in [0.05, 0.1) is 18.4 Å². The average molecular weight is 451 g/mol. The summed E-state index contributed by atoms with van der Waals surface area (Å²) < 4.78 is 11.8. The molecule has 1 N–H and O–H groups in total. The Labute approximate surface area is 193 Å². The van der Waals surface area contributed by atoms with E-state index in [1.54, 1.807) is 24.3 Å². The van der Waals surface area contributed by atoms with Crippen LogP contribution in [-0.2, 0) is 11.8 Å². The topological polar surface area (TPSA) is 55.8 Å². The molecule has 1 aliphatic heterocycles. The molecule has 4 nitrogen and oxygen atoms in total. The standard InChI is InChI=1S/C27H27ClO4/c1-26(2)23-15-10-19(7-6-16-31-22-8-4-3-5-9-22)17-25(23)32-27(26,30)18-24(29)20-11-13-21(28)14-12-20/h3-5,8-15,17,30H,6-7,16,18H2,1-2H3. The van der Waals surface area contributed by atoms with Crippen molar-refractivity contribution in [1.29, 1.82) is 0 Å². The highest BCUT2D eigenvalue weighted by atomic mass is 35.5. The maximum absolute atomic E-state index is 12.8. The summed E-state index contributed by atoms with van der Waals surface area (Å²) in [5.74, 6) is -0.325. The van der Waals surface area contributed by atoms with Gasteiger partial charge >= 0.3 is 0 Å². The number of benzene rings is 3. The van der Waals surface area contributed by atoms with Gasteiger partial charge in [0.2, 0.25) is 5.79 Å². The zero-order valence-electron chi connectivity index (χ0n) is 18.3. The molecule has 0 aromatic heterocycles. The van der Waals surface area contributed by atoms with E-state index in [4.69, 9.17) is 21.1 Å². The first-order valence-corrected chi connectivity index (χ1v) is 11.2. The van der Waals surface area contributed by atoms with Crippen molar-refractivity contribution >= 4 is 17.4 Å². The van der Waals surface area contributed by atoms with Gasteiger partial charge in [-0.25, -0.2) is 0 Å². The van der Waals surface area contributed by atoms with Crippen molar-refractivity contribution in [3.8, 4) is 11.5 Å². The molecule has 0 aliphatic carbocycles. The smallest absolute Gasteiger partial charge is 0.224 e. The van der Waals surface area contributed by atoms with Crippen molar-refractivity contribution in [2.45, 2.75) is 44.3 Å². The van der Waals surface area contributed by atoms with Gasteiger partial charge < -0.3 is 14.6 Å². The number of aryl methyl sites for hydroxylation is 1. The molecule has 0 spiro atoms. The van der Waals surface area contributed by atoms with Crippen LogP contribution < -0.4 is 9.47 Å². The summed E-state index contributed by atoms with van der Waals surface area (Å²) >= 11 is 5.92. The van der Waals surface area contributed by atoms with Crippen LogP contribution in [0.15, 0.2) is 72.8 Å². The minimum absolute atomic E-state index is 0.142. The zero-order valence-corrected chi connectivity index (χ0v) is 19.1. The summed E-state index contributed by atoms with van der Waals surface area (Å²) in [6.07, 6.45) is 1.54. The van der Waals surface area contributed by atoms with Crippen molar-refractivity contribution < 1.29 is 19.4 Å². The maximum atomic E-state index is 12.8. The number of fused-ring (bicyclic) bond motifs is 1. The van der Waals surface area contributed by atoms with Crippen LogP contribution in [0.5, 0.6) is 11.5 Å². The molecule has 0 saturated heterocycles. The highest BCUT2D eigenvalue weighted by Gasteiger charge is 2.54. The van der Waals surface area contributed by atoms with Gasteiger partial charge in [-0.2, -0.15) is 0 Å². The average Bonchev–Trinajstić information content (AvgIpc) is 2.97. The van der Waals surface area contributed by atoms with Gasteiger partial charge in [-0.1, -0.05) is 41.9 Å². The minimum Gasteiger partial charge on any atom is -0.494 e. The lowest BCUT2D eigenvalue weighted by Gasteiger charge is -2.34. The first kappa shape index (κ1) is 22.4. The van der Waals surface area contributed by atoms with E-state index in [2.05, 4.69) is 6.07 Å². The molecule has 5 heteroatoms. The summed E-state index contributed by atoms with van der Waals surface area (Å²) in [6.45, 7) is 4.43. The molecule has 3 aromatic carbocycles. The van der Waals surface area contributed by atoms with Gasteiger partial charge in [0.15, 0.2) is 5.78 Å². The molecule has 0 amide bonds. The van der Waals surface area contributed by atoms with E-state index in [1.807, 2.05) is 56.3 Å². The Hall–Kier alpha value is -2.82. The fourth-order valence-electron chi connectivity index (χ4n) is 4.04. The number of halogens is 1. The maximum Gasteiger partial charge on any atom is 0.224 e. The fraction of sp³-hybridized carbons (Fsp3) is 0.296. The summed E-state index contributed by atoms with van der Waals surface area (Å²) in [6, 6.07) is 22.4. The van der Waals surface area contributed by atoms with Crippen molar-refractivity contribution in [3.05, 3.63) is 94.5 Å². The molecule has 1 aliphatic rings. The lowest BCUT2D eigenvalue weighted by Crippen LogP contribution is -2.49. The van der Waals surface area contributed by atoms with Crippen molar-refractivity contribution in [2.75, 3.05) is 6.61 Å². The molecule has 0 radical (unpaired) electrons. The number of carbonyl (C=O) groups excluding carboxylic acids is 1. The van der Waals surface area contributed by atoms with E-state index in [1.165, 1.54) is 0 Å². The molecule has 1 unspecified atom stereocenters. The van der Waals surface area contributed by atoms with Crippen LogP contribution in [0.4, 0.5) is 0 Å². The molecule has 0 fully saturated rings. The van der Waals surface area contributed by atoms with Crippen molar-refractivity contribution in [3.63, 3.8) is 0 Å². The summed E-state index contributed by atoms with van der Waals surface area (Å²) in [5, 5.41) is 11.9. The fourth-order valence-corrected chi connectivity index (χ4v) is 4.16. The number of para-hydroxylation sites is 1. The molecule has 0 bridgehead atoms. The third-order valence-electron chi connectivity index (χ3n) is 6.16. The second kappa shape index (κ2) is 8.97. The van der Waals surface area contributed by atoms with Crippen LogP contribution in [0.25, 0.3) is 0 Å². The van der Waals surface area contributed by atoms with Crippen LogP contribution in [0, 0.1) is 0 Å². The second-order valence-electron chi connectivity index (χ2n) is 8.71. The Morgan fingerprint density at radius 2 is 1.75 bits per heavy atom. The normalized spacial score (nSPS) is 18.6. The molecule has 4 rings (SSSR count). The lowest BCUT2D eigenvalue weighted by molar-refractivity contribution is -0.161. The van der Waals surface area contributed by atoms with Gasteiger partial charge in [0.1, 0.15) is 11.5 Å². The van der Waals surface area contributed by atoms with E-state index in [0.717, 1.165) is 29.7 Å². The van der Waals surface area contributed by atoms with Gasteiger partial charge in [-0.15, -0.1) is 0 Å². The van der Waals surface area contributed by atoms with Crippen LogP contribution in [0.2, 0.25) is 5.02 Å². The number of hydrogen-bond acceptors (Lipinski definition) is 4. The molecule has 3 aromatic rings. The Morgan fingerprint density at radius 1 is 1.03 bits per heavy atom. The third kappa shape index (κ3) is 4.52. The lowest BCUT2D eigenvalue weighted by atomic mass is 9.76. The number of ether oxygens (including phenoxy) is 2. The summed E-state index contributed by atoms with van der Waals surface area (Å²) in [7, 11) is 0. The molecular formula is C27H27ClO4. The van der Waals surface area contributed by atoms with Crippen LogP contribution in [0.3, 0.4) is 0 Å². The third-order valence-corrected chi connectivity index (χ3v) is 6.41. The Morgan fingerprint density at radius 3 is 2.47 bits per heavy atom. The van der Waals surface area contributed by atoms with E-state index >= 15 is 0 Å². The number of hydrogen-bond donors (Lipinski definition) is 1. The minimum atomic E-state index is -1.62. The van der Waals surface area contributed by atoms with E-state index in [-0.39, 0.29) is 12.2 Å². The monoisotopic (exact) mass is 450 g/mol. The molecular weight excluding hydrogens is 424 g/mol. The number of rotatable bonds is 8. The number of ketones is 1. The SMILES string of the molecule is CC1(C)c2ccc(CCCOc3ccccc3)cc2OC1(O)CC(=O)c1ccc(Cl)cc1. The van der Waals surface area contributed by atoms with Crippen LogP contribution in [0.1, 0.15) is 48.2 Å². The molecule has 0 saturated carbocycles. The Balaban J connectivity index is 1.42. The van der Waals surface area contributed by atoms with Crippen LogP contribution in [-0.4, -0.2) is 23.3 Å². The largest absolute Gasteiger partial charge is 0.494 e. The Kier molecular flexibility index (Phi) is 6.27. The van der Waals surface area contributed by atoms with Crippen molar-refractivity contribution in [2.24, 2.45) is 0 Å². The van der Waals surface area contributed by atoms with Gasteiger partial charge in [0.25, 0.3) is 0 Å². The van der Waals surface area contributed by atoms with Gasteiger partial charge in [-0.3, -0.25) is 4.79 Å². The number of Topliss-reactive ketones (excluding diaryl/α,β-unsaturated/α-hetero) is 1. The van der Waals surface area contributed by atoms with Crippen molar-refractivity contribution in [1.82, 2.24) is 0 Å². The van der Waals surface area contributed by atoms with Crippen LogP contribution >= 0.6 is 11.6 Å². The highest BCUT2D eigenvalue weighted by molar-refractivity contribution is 6.30. The number of carbonyl (C=O) groups is 1. The predicted octanol–water partition coefficient (Wildman–Crippen LogP) is 5.98. The zero-order chi connectivity index (χ0) is 22.8.